The Morgan fingerprint density at radius 1 is 1.27 bits per heavy atom. The predicted octanol–water partition coefficient (Wildman–Crippen LogP) is 2.09. The topological polar surface area (TPSA) is 0 Å². The average Bonchev–Trinajstić information content (AvgIpc) is 1.95. The first-order chi connectivity index (χ1) is 5.24. The maximum atomic E-state index is 12.8. The number of benzene rings is 1. The Balaban J connectivity index is 2.90. The van der Waals surface area contributed by atoms with Crippen molar-refractivity contribution >= 4 is 10.2 Å². The molecule has 0 aliphatic heterocycles. The molecular weight excluding hydrogens is 162 g/mol. The highest BCUT2D eigenvalue weighted by Gasteiger charge is 2.01. The van der Waals surface area contributed by atoms with Gasteiger partial charge in [-0.25, -0.2) is 8.78 Å². The SMILES string of the molecule is Fc1ccc(CC[Si])c(F)c1. The number of aryl methyl sites for hydroxylation is 1. The van der Waals surface area contributed by atoms with Crippen LogP contribution in [0.15, 0.2) is 18.2 Å². The Morgan fingerprint density at radius 2 is 2.00 bits per heavy atom. The first-order valence-electron chi connectivity index (χ1n) is 3.32. The first kappa shape index (κ1) is 8.39. The zero-order chi connectivity index (χ0) is 8.27. The highest BCUT2D eigenvalue weighted by atomic mass is 28.1. The summed E-state index contributed by atoms with van der Waals surface area (Å²) >= 11 is 0. The maximum absolute atomic E-state index is 12.8. The molecule has 0 spiro atoms. The van der Waals surface area contributed by atoms with Gasteiger partial charge in [0.25, 0.3) is 0 Å². The maximum Gasteiger partial charge on any atom is 0.129 e. The van der Waals surface area contributed by atoms with Gasteiger partial charge >= 0.3 is 0 Å². The van der Waals surface area contributed by atoms with Gasteiger partial charge in [0.2, 0.25) is 0 Å². The Hall–Kier alpha value is -0.703. The molecule has 0 amide bonds. The van der Waals surface area contributed by atoms with Crippen molar-refractivity contribution in [1.82, 2.24) is 0 Å². The fourth-order valence-corrected chi connectivity index (χ4v) is 1.13. The summed E-state index contributed by atoms with van der Waals surface area (Å²) in [6, 6.07) is 4.31. The standard InChI is InChI=1S/C8H7F2Si/c9-7-2-1-6(3-4-11)8(10)5-7/h1-2,5H,3-4H2. The lowest BCUT2D eigenvalue weighted by molar-refractivity contribution is 0.573. The molecule has 1 aromatic rings. The van der Waals surface area contributed by atoms with Crippen LogP contribution < -0.4 is 0 Å². The van der Waals surface area contributed by atoms with E-state index in [4.69, 9.17) is 0 Å². The van der Waals surface area contributed by atoms with E-state index in [-0.39, 0.29) is 0 Å². The van der Waals surface area contributed by atoms with E-state index in [2.05, 4.69) is 10.2 Å². The lowest BCUT2D eigenvalue weighted by atomic mass is 10.1. The Labute approximate surface area is 67.7 Å². The van der Waals surface area contributed by atoms with Crippen LogP contribution in [0.5, 0.6) is 0 Å². The summed E-state index contributed by atoms with van der Waals surface area (Å²) in [4.78, 5) is 0. The second-order valence-corrected chi connectivity index (χ2v) is 2.74. The molecular formula is C8H7F2Si. The van der Waals surface area contributed by atoms with E-state index in [0.717, 1.165) is 6.07 Å². The van der Waals surface area contributed by atoms with Gasteiger partial charge in [-0.2, -0.15) is 0 Å². The van der Waals surface area contributed by atoms with E-state index in [0.29, 0.717) is 18.0 Å². The van der Waals surface area contributed by atoms with Gasteiger partial charge in [0, 0.05) is 16.3 Å². The minimum absolute atomic E-state index is 0.469. The molecule has 3 heteroatoms. The van der Waals surface area contributed by atoms with Gasteiger partial charge in [-0.1, -0.05) is 12.1 Å². The Kier molecular flexibility index (Phi) is 2.76. The second kappa shape index (κ2) is 3.62. The molecule has 0 fully saturated rings. The van der Waals surface area contributed by atoms with Crippen molar-refractivity contribution in [2.75, 3.05) is 0 Å². The summed E-state index contributed by atoms with van der Waals surface area (Å²) in [5.74, 6) is -0.997. The molecule has 3 radical (unpaired) electrons. The van der Waals surface area contributed by atoms with Crippen LogP contribution in [-0.2, 0) is 6.42 Å². The van der Waals surface area contributed by atoms with Crippen LogP contribution in [0, 0.1) is 11.6 Å². The molecule has 1 aromatic carbocycles. The van der Waals surface area contributed by atoms with Gasteiger partial charge in [-0.05, 0) is 18.1 Å². The van der Waals surface area contributed by atoms with Crippen LogP contribution in [0.4, 0.5) is 8.78 Å². The highest BCUT2D eigenvalue weighted by Crippen LogP contribution is 2.10. The normalized spacial score (nSPS) is 10.1. The van der Waals surface area contributed by atoms with Crippen molar-refractivity contribution in [2.24, 2.45) is 0 Å². The molecule has 0 atom stereocenters. The molecule has 0 aliphatic carbocycles. The zero-order valence-corrected chi connectivity index (χ0v) is 6.90. The third-order valence-corrected chi connectivity index (χ3v) is 1.66. The third-order valence-electron chi connectivity index (χ3n) is 1.41. The van der Waals surface area contributed by atoms with Crippen molar-refractivity contribution < 1.29 is 8.78 Å². The minimum atomic E-state index is -0.528. The Bertz CT molecular complexity index is 248. The number of rotatable bonds is 2. The predicted molar refractivity (Wildman–Crippen MR) is 40.6 cm³/mol. The van der Waals surface area contributed by atoms with Gasteiger partial charge in [0.15, 0.2) is 0 Å². The summed E-state index contributed by atoms with van der Waals surface area (Å²) in [6.45, 7) is 0. The number of hydrogen-bond acceptors (Lipinski definition) is 0. The van der Waals surface area contributed by atoms with E-state index in [1.807, 2.05) is 0 Å². The Morgan fingerprint density at radius 3 is 2.55 bits per heavy atom. The molecule has 0 aliphatic rings. The quantitative estimate of drug-likeness (QED) is 0.595. The molecule has 0 unspecified atom stereocenters. The summed E-state index contributed by atoms with van der Waals surface area (Å²) in [5, 5.41) is 0. The molecule has 0 bridgehead atoms. The summed E-state index contributed by atoms with van der Waals surface area (Å²) < 4.78 is 25.1. The van der Waals surface area contributed by atoms with Gasteiger partial charge in [0.05, 0.1) is 0 Å². The van der Waals surface area contributed by atoms with Crippen LogP contribution >= 0.6 is 0 Å². The lowest BCUT2D eigenvalue weighted by Crippen LogP contribution is -1.90. The molecule has 0 N–H and O–H groups in total. The minimum Gasteiger partial charge on any atom is -0.207 e. The van der Waals surface area contributed by atoms with Crippen LogP contribution in [0.2, 0.25) is 6.04 Å². The second-order valence-electron chi connectivity index (χ2n) is 2.24. The molecule has 0 aromatic heterocycles. The molecule has 57 valence electrons. The van der Waals surface area contributed by atoms with E-state index in [1.165, 1.54) is 12.1 Å². The molecule has 0 heterocycles. The van der Waals surface area contributed by atoms with E-state index in [1.54, 1.807) is 0 Å². The zero-order valence-electron chi connectivity index (χ0n) is 5.90. The van der Waals surface area contributed by atoms with Crippen molar-refractivity contribution in [1.29, 1.82) is 0 Å². The van der Waals surface area contributed by atoms with Gasteiger partial charge < -0.3 is 0 Å². The summed E-state index contributed by atoms with van der Waals surface area (Å²) in [7, 11) is 3.22. The summed E-state index contributed by atoms with van der Waals surface area (Å²) in [5.41, 5.74) is 0.543. The summed E-state index contributed by atoms with van der Waals surface area (Å²) in [6.07, 6.45) is 0.586. The van der Waals surface area contributed by atoms with Crippen LogP contribution in [0.3, 0.4) is 0 Å². The van der Waals surface area contributed by atoms with E-state index >= 15 is 0 Å². The number of hydrogen-bond donors (Lipinski definition) is 0. The van der Waals surface area contributed by atoms with Crippen molar-refractivity contribution in [3.05, 3.63) is 35.4 Å². The molecule has 0 saturated carbocycles. The third kappa shape index (κ3) is 2.12. The fourth-order valence-electron chi connectivity index (χ4n) is 0.859. The average molecular weight is 169 g/mol. The largest absolute Gasteiger partial charge is 0.207 e. The van der Waals surface area contributed by atoms with Crippen LogP contribution in [-0.4, -0.2) is 10.2 Å². The van der Waals surface area contributed by atoms with E-state index < -0.39 is 11.6 Å². The smallest absolute Gasteiger partial charge is 0.129 e. The van der Waals surface area contributed by atoms with Gasteiger partial charge in [0.1, 0.15) is 11.6 Å². The molecule has 0 saturated heterocycles. The monoisotopic (exact) mass is 169 g/mol. The van der Waals surface area contributed by atoms with Crippen LogP contribution in [0.25, 0.3) is 0 Å². The van der Waals surface area contributed by atoms with Crippen LogP contribution in [0.1, 0.15) is 5.56 Å². The first-order valence-corrected chi connectivity index (χ1v) is 4.03. The lowest BCUT2D eigenvalue weighted by Gasteiger charge is -1.99. The molecule has 11 heavy (non-hydrogen) atoms. The highest BCUT2D eigenvalue weighted by molar-refractivity contribution is 6.08. The number of halogens is 2. The van der Waals surface area contributed by atoms with E-state index in [9.17, 15) is 8.78 Å². The van der Waals surface area contributed by atoms with Gasteiger partial charge in [-0.15, -0.1) is 0 Å². The van der Waals surface area contributed by atoms with Crippen molar-refractivity contribution in [3.8, 4) is 0 Å². The van der Waals surface area contributed by atoms with Gasteiger partial charge in [-0.3, -0.25) is 0 Å². The fraction of sp³-hybridized carbons (Fsp3) is 0.250. The molecule has 1 rings (SSSR count). The van der Waals surface area contributed by atoms with Crippen molar-refractivity contribution in [3.63, 3.8) is 0 Å². The molecule has 0 nitrogen and oxygen atoms in total. The van der Waals surface area contributed by atoms with Crippen molar-refractivity contribution in [2.45, 2.75) is 12.5 Å².